The Morgan fingerprint density at radius 3 is 2.48 bits per heavy atom. The van der Waals surface area contributed by atoms with E-state index in [2.05, 4.69) is 10.2 Å². The molecule has 1 aromatic carbocycles. The van der Waals surface area contributed by atoms with Crippen molar-refractivity contribution in [1.29, 1.82) is 0 Å². The SMILES string of the molecule is O=C(Cc1ccccc1)N[C@@H]1CS(=O)(=O)C[C@@H]1N1CCCCC1. The highest BCUT2D eigenvalue weighted by Gasteiger charge is 2.41. The average Bonchev–Trinajstić information content (AvgIpc) is 2.83. The van der Waals surface area contributed by atoms with Crippen LogP contribution in [0.5, 0.6) is 0 Å². The van der Waals surface area contributed by atoms with Crippen LogP contribution in [0, 0.1) is 0 Å². The Morgan fingerprint density at radius 2 is 1.78 bits per heavy atom. The summed E-state index contributed by atoms with van der Waals surface area (Å²) in [6.07, 6.45) is 3.73. The molecule has 0 radical (unpaired) electrons. The number of carbonyl (C=O) groups is 1. The largest absolute Gasteiger partial charge is 0.350 e. The van der Waals surface area contributed by atoms with E-state index in [0.29, 0.717) is 6.42 Å². The number of rotatable bonds is 4. The summed E-state index contributed by atoms with van der Waals surface area (Å²) in [7, 11) is -3.07. The number of hydrogen-bond donors (Lipinski definition) is 1. The predicted molar refractivity (Wildman–Crippen MR) is 89.9 cm³/mol. The summed E-state index contributed by atoms with van der Waals surface area (Å²) in [6, 6.07) is 9.19. The lowest BCUT2D eigenvalue weighted by Crippen LogP contribution is -2.52. The van der Waals surface area contributed by atoms with Crippen molar-refractivity contribution in [3.8, 4) is 0 Å². The van der Waals surface area contributed by atoms with Crippen molar-refractivity contribution in [1.82, 2.24) is 10.2 Å². The molecular formula is C17H24N2O3S. The van der Waals surface area contributed by atoms with Gasteiger partial charge in [-0.1, -0.05) is 36.8 Å². The summed E-state index contributed by atoms with van der Waals surface area (Å²) >= 11 is 0. The van der Waals surface area contributed by atoms with Gasteiger partial charge in [0, 0.05) is 6.04 Å². The second kappa shape index (κ2) is 7.01. The fourth-order valence-electron chi connectivity index (χ4n) is 3.62. The van der Waals surface area contributed by atoms with Crippen molar-refractivity contribution in [3.63, 3.8) is 0 Å². The van der Waals surface area contributed by atoms with Gasteiger partial charge in [-0.05, 0) is 31.5 Å². The second-order valence-electron chi connectivity index (χ2n) is 6.58. The van der Waals surface area contributed by atoms with E-state index in [0.717, 1.165) is 31.5 Å². The van der Waals surface area contributed by atoms with Crippen LogP contribution in [-0.4, -0.2) is 55.9 Å². The Balaban J connectivity index is 1.65. The lowest BCUT2D eigenvalue weighted by molar-refractivity contribution is -0.121. The predicted octanol–water partition coefficient (Wildman–Crippen LogP) is 0.997. The third-order valence-electron chi connectivity index (χ3n) is 4.74. The molecule has 3 rings (SSSR count). The van der Waals surface area contributed by atoms with Gasteiger partial charge in [-0.3, -0.25) is 9.69 Å². The maximum Gasteiger partial charge on any atom is 0.224 e. The molecule has 0 bridgehead atoms. The van der Waals surface area contributed by atoms with Crippen LogP contribution in [0.15, 0.2) is 30.3 Å². The fraction of sp³-hybridized carbons (Fsp3) is 0.588. The number of likely N-dealkylation sites (tertiary alicyclic amines) is 1. The standard InChI is InChI=1S/C17H24N2O3S/c20-17(11-14-7-3-1-4-8-14)18-15-12-23(21,22)13-16(15)19-9-5-2-6-10-19/h1,3-4,7-8,15-16H,2,5-6,9-13H2,(H,18,20)/t15-,16+/m1/s1. The molecule has 0 aromatic heterocycles. The van der Waals surface area contributed by atoms with Gasteiger partial charge in [0.15, 0.2) is 9.84 Å². The molecule has 2 heterocycles. The molecule has 1 N–H and O–H groups in total. The van der Waals surface area contributed by atoms with Crippen LogP contribution in [0.25, 0.3) is 0 Å². The van der Waals surface area contributed by atoms with Crippen LogP contribution < -0.4 is 5.32 Å². The molecule has 5 nitrogen and oxygen atoms in total. The van der Waals surface area contributed by atoms with Gasteiger partial charge in [0.2, 0.25) is 5.91 Å². The van der Waals surface area contributed by atoms with E-state index in [-0.39, 0.29) is 29.5 Å². The molecule has 2 saturated heterocycles. The van der Waals surface area contributed by atoms with E-state index in [1.54, 1.807) is 0 Å². The number of sulfone groups is 1. The molecule has 2 atom stereocenters. The number of nitrogens with zero attached hydrogens (tertiary/aromatic N) is 1. The molecule has 1 aromatic rings. The number of piperidine rings is 1. The first-order valence-electron chi connectivity index (χ1n) is 8.31. The topological polar surface area (TPSA) is 66.5 Å². The normalized spacial score (nSPS) is 27.7. The lowest BCUT2D eigenvalue weighted by atomic mass is 10.0. The number of carbonyl (C=O) groups excluding carboxylic acids is 1. The van der Waals surface area contributed by atoms with E-state index < -0.39 is 9.84 Å². The molecule has 0 unspecified atom stereocenters. The molecule has 2 fully saturated rings. The van der Waals surface area contributed by atoms with Gasteiger partial charge in [0.1, 0.15) is 0 Å². The Morgan fingerprint density at radius 1 is 1.09 bits per heavy atom. The van der Waals surface area contributed by atoms with Gasteiger partial charge in [-0.25, -0.2) is 8.42 Å². The second-order valence-corrected chi connectivity index (χ2v) is 8.73. The quantitative estimate of drug-likeness (QED) is 0.891. The lowest BCUT2D eigenvalue weighted by Gasteiger charge is -2.35. The van der Waals surface area contributed by atoms with Gasteiger partial charge in [-0.15, -0.1) is 0 Å². The summed E-state index contributed by atoms with van der Waals surface area (Å²) in [5.74, 6) is 0.137. The molecule has 2 aliphatic heterocycles. The summed E-state index contributed by atoms with van der Waals surface area (Å²) in [5.41, 5.74) is 0.945. The monoisotopic (exact) mass is 336 g/mol. The highest BCUT2D eigenvalue weighted by atomic mass is 32.2. The van der Waals surface area contributed by atoms with E-state index in [1.807, 2.05) is 30.3 Å². The van der Waals surface area contributed by atoms with Crippen LogP contribution in [0.4, 0.5) is 0 Å². The number of amides is 1. The van der Waals surface area contributed by atoms with Crippen molar-refractivity contribution in [3.05, 3.63) is 35.9 Å². The van der Waals surface area contributed by atoms with Crippen LogP contribution in [0.3, 0.4) is 0 Å². The zero-order valence-corrected chi connectivity index (χ0v) is 14.1. The van der Waals surface area contributed by atoms with E-state index in [1.165, 1.54) is 6.42 Å². The van der Waals surface area contributed by atoms with Crippen LogP contribution in [0.1, 0.15) is 24.8 Å². The Labute approximate surface area is 138 Å². The van der Waals surface area contributed by atoms with Crippen LogP contribution in [0.2, 0.25) is 0 Å². The van der Waals surface area contributed by atoms with Crippen molar-refractivity contribution < 1.29 is 13.2 Å². The minimum atomic E-state index is -3.07. The number of nitrogens with one attached hydrogen (secondary N) is 1. The molecule has 0 spiro atoms. The summed E-state index contributed by atoms with van der Waals surface area (Å²) in [5, 5.41) is 2.97. The Bertz CT molecular complexity index is 639. The Kier molecular flexibility index (Phi) is 5.02. The summed E-state index contributed by atoms with van der Waals surface area (Å²) < 4.78 is 24.1. The maximum absolute atomic E-state index is 12.3. The fourth-order valence-corrected chi connectivity index (χ4v) is 5.57. The van der Waals surface area contributed by atoms with Crippen LogP contribution >= 0.6 is 0 Å². The minimum Gasteiger partial charge on any atom is -0.350 e. The first-order chi connectivity index (χ1) is 11.0. The van der Waals surface area contributed by atoms with Gasteiger partial charge in [-0.2, -0.15) is 0 Å². The zero-order valence-electron chi connectivity index (χ0n) is 13.3. The van der Waals surface area contributed by atoms with E-state index in [9.17, 15) is 13.2 Å². The van der Waals surface area contributed by atoms with Gasteiger partial charge in [0.05, 0.1) is 24.0 Å². The molecule has 2 aliphatic rings. The van der Waals surface area contributed by atoms with Gasteiger partial charge in [0.25, 0.3) is 0 Å². The van der Waals surface area contributed by atoms with Crippen molar-refractivity contribution in [2.24, 2.45) is 0 Å². The molecule has 6 heteroatoms. The summed E-state index contributed by atoms with van der Waals surface area (Å²) in [6.45, 7) is 1.87. The molecule has 0 saturated carbocycles. The van der Waals surface area contributed by atoms with Crippen molar-refractivity contribution >= 4 is 15.7 Å². The maximum atomic E-state index is 12.3. The van der Waals surface area contributed by atoms with Crippen molar-refractivity contribution in [2.75, 3.05) is 24.6 Å². The highest BCUT2D eigenvalue weighted by Crippen LogP contribution is 2.22. The number of benzene rings is 1. The third-order valence-corrected chi connectivity index (χ3v) is 6.45. The zero-order chi connectivity index (χ0) is 16.3. The average molecular weight is 336 g/mol. The molecule has 126 valence electrons. The molecular weight excluding hydrogens is 312 g/mol. The van der Waals surface area contributed by atoms with Crippen molar-refractivity contribution in [2.45, 2.75) is 37.8 Å². The smallest absolute Gasteiger partial charge is 0.224 e. The molecule has 1 amide bonds. The Hall–Kier alpha value is -1.40. The summed E-state index contributed by atoms with van der Waals surface area (Å²) in [4.78, 5) is 14.5. The van der Waals surface area contributed by atoms with E-state index in [4.69, 9.17) is 0 Å². The number of hydrogen-bond acceptors (Lipinski definition) is 4. The first kappa shape index (κ1) is 16.5. The molecule has 23 heavy (non-hydrogen) atoms. The van der Waals surface area contributed by atoms with E-state index >= 15 is 0 Å². The third kappa shape index (κ3) is 4.32. The van der Waals surface area contributed by atoms with Crippen LogP contribution in [-0.2, 0) is 21.1 Å². The molecule has 0 aliphatic carbocycles. The van der Waals surface area contributed by atoms with Gasteiger partial charge >= 0.3 is 0 Å². The minimum absolute atomic E-state index is 0.0642. The highest BCUT2D eigenvalue weighted by molar-refractivity contribution is 7.91. The first-order valence-corrected chi connectivity index (χ1v) is 10.1. The van der Waals surface area contributed by atoms with Gasteiger partial charge < -0.3 is 5.32 Å².